The molecule has 0 aromatic heterocycles. The highest BCUT2D eigenvalue weighted by atomic mass is 16.3. The Kier molecular flexibility index (Phi) is 2.32. The maximum absolute atomic E-state index is 11.5. The Morgan fingerprint density at radius 1 is 1.33 bits per heavy atom. The minimum Gasteiger partial charge on any atom is -0.508 e. The van der Waals surface area contributed by atoms with Gasteiger partial charge in [-0.15, -0.1) is 0 Å². The van der Waals surface area contributed by atoms with Crippen molar-refractivity contribution in [2.45, 2.75) is 13.3 Å². The molecule has 0 unspecified atom stereocenters. The molecule has 0 atom stereocenters. The van der Waals surface area contributed by atoms with E-state index < -0.39 is 0 Å². The molecule has 2 rings (SSSR count). The fraction of sp³-hybridized carbons (Fsp3) is 0.250. The largest absolute Gasteiger partial charge is 0.508 e. The number of carbonyl (C=O) groups is 1. The third-order valence-electron chi connectivity index (χ3n) is 2.74. The number of hydrogen-bond acceptors (Lipinski definition) is 3. The SMILES string of the molecule is Cc1c(CCO)c(O)cc2c1C(=O)C=C2. The van der Waals surface area contributed by atoms with Gasteiger partial charge in [0.15, 0.2) is 5.78 Å². The molecule has 0 fully saturated rings. The summed E-state index contributed by atoms with van der Waals surface area (Å²) in [7, 11) is 0. The minimum atomic E-state index is -0.0329. The first-order valence-corrected chi connectivity index (χ1v) is 4.84. The summed E-state index contributed by atoms with van der Waals surface area (Å²) in [6.45, 7) is 1.77. The molecule has 3 nitrogen and oxygen atoms in total. The zero-order valence-electron chi connectivity index (χ0n) is 8.45. The van der Waals surface area contributed by atoms with Crippen molar-refractivity contribution in [1.82, 2.24) is 0 Å². The number of phenolic OH excluding ortho intramolecular Hbond substituents is 1. The van der Waals surface area contributed by atoms with Gasteiger partial charge in [0.25, 0.3) is 0 Å². The highest BCUT2D eigenvalue weighted by Crippen LogP contribution is 2.32. The van der Waals surface area contributed by atoms with Crippen LogP contribution in [-0.4, -0.2) is 22.6 Å². The van der Waals surface area contributed by atoms with Crippen molar-refractivity contribution in [3.8, 4) is 5.75 Å². The number of fused-ring (bicyclic) bond motifs is 1. The topological polar surface area (TPSA) is 57.5 Å². The maximum atomic E-state index is 11.5. The van der Waals surface area contributed by atoms with Crippen LogP contribution in [0.4, 0.5) is 0 Å². The van der Waals surface area contributed by atoms with E-state index in [1.807, 2.05) is 0 Å². The van der Waals surface area contributed by atoms with Gasteiger partial charge in [-0.25, -0.2) is 0 Å². The maximum Gasteiger partial charge on any atom is 0.186 e. The predicted molar refractivity (Wildman–Crippen MR) is 57.0 cm³/mol. The third-order valence-corrected chi connectivity index (χ3v) is 2.74. The van der Waals surface area contributed by atoms with Gasteiger partial charge >= 0.3 is 0 Å². The first kappa shape index (κ1) is 9.93. The Labute approximate surface area is 87.7 Å². The summed E-state index contributed by atoms with van der Waals surface area (Å²) in [5.41, 5.74) is 2.84. The molecule has 0 amide bonds. The Morgan fingerprint density at radius 2 is 2.07 bits per heavy atom. The van der Waals surface area contributed by atoms with Crippen LogP contribution in [0.3, 0.4) is 0 Å². The second-order valence-electron chi connectivity index (χ2n) is 3.63. The van der Waals surface area contributed by atoms with Crippen LogP contribution in [0.2, 0.25) is 0 Å². The number of benzene rings is 1. The smallest absolute Gasteiger partial charge is 0.186 e. The van der Waals surface area contributed by atoms with E-state index in [0.717, 1.165) is 11.1 Å². The summed E-state index contributed by atoms with van der Waals surface area (Å²) in [6.07, 6.45) is 3.57. The first-order chi connectivity index (χ1) is 7.15. The Hall–Kier alpha value is -1.61. The Morgan fingerprint density at radius 3 is 2.73 bits per heavy atom. The number of aliphatic hydroxyl groups excluding tert-OH is 1. The van der Waals surface area contributed by atoms with Crippen LogP contribution in [0.25, 0.3) is 6.08 Å². The monoisotopic (exact) mass is 204 g/mol. The van der Waals surface area contributed by atoms with Crippen molar-refractivity contribution in [2.24, 2.45) is 0 Å². The van der Waals surface area contributed by atoms with Crippen LogP contribution < -0.4 is 0 Å². The van der Waals surface area contributed by atoms with E-state index in [1.165, 1.54) is 6.08 Å². The van der Waals surface area contributed by atoms with E-state index in [9.17, 15) is 9.90 Å². The van der Waals surface area contributed by atoms with Crippen molar-refractivity contribution < 1.29 is 15.0 Å². The molecule has 1 aromatic carbocycles. The highest BCUT2D eigenvalue weighted by molar-refractivity contribution is 6.15. The molecular formula is C12H12O3. The van der Waals surface area contributed by atoms with E-state index in [2.05, 4.69) is 0 Å². The number of hydrogen-bond donors (Lipinski definition) is 2. The molecule has 0 aliphatic heterocycles. The van der Waals surface area contributed by atoms with Crippen molar-refractivity contribution in [3.63, 3.8) is 0 Å². The van der Waals surface area contributed by atoms with Crippen LogP contribution >= 0.6 is 0 Å². The van der Waals surface area contributed by atoms with Gasteiger partial charge in [-0.1, -0.05) is 6.08 Å². The summed E-state index contributed by atoms with van der Waals surface area (Å²) in [5.74, 6) is 0.126. The van der Waals surface area contributed by atoms with Gasteiger partial charge in [0.1, 0.15) is 5.75 Å². The molecule has 0 saturated heterocycles. The molecule has 0 heterocycles. The van der Waals surface area contributed by atoms with E-state index in [1.54, 1.807) is 19.1 Å². The molecule has 15 heavy (non-hydrogen) atoms. The molecule has 0 saturated carbocycles. The fourth-order valence-corrected chi connectivity index (χ4v) is 2.00. The highest BCUT2D eigenvalue weighted by Gasteiger charge is 2.20. The fourth-order valence-electron chi connectivity index (χ4n) is 2.00. The van der Waals surface area contributed by atoms with Gasteiger partial charge in [0, 0.05) is 12.2 Å². The van der Waals surface area contributed by atoms with Crippen molar-refractivity contribution in [1.29, 1.82) is 0 Å². The number of aromatic hydroxyl groups is 1. The molecular weight excluding hydrogens is 192 g/mol. The zero-order chi connectivity index (χ0) is 11.0. The summed E-state index contributed by atoms with van der Waals surface area (Å²) >= 11 is 0. The van der Waals surface area contributed by atoms with Crippen LogP contribution in [0, 0.1) is 6.92 Å². The second kappa shape index (κ2) is 3.51. The number of phenols is 1. The molecule has 0 spiro atoms. The number of ketones is 1. The lowest BCUT2D eigenvalue weighted by atomic mass is 9.95. The predicted octanol–water partition coefficient (Wildman–Crippen LogP) is 1.44. The molecule has 0 bridgehead atoms. The van der Waals surface area contributed by atoms with Crippen molar-refractivity contribution in [2.75, 3.05) is 6.61 Å². The Bertz CT molecular complexity index is 458. The van der Waals surface area contributed by atoms with Crippen LogP contribution in [-0.2, 0) is 6.42 Å². The van der Waals surface area contributed by atoms with Gasteiger partial charge in [0.2, 0.25) is 0 Å². The van der Waals surface area contributed by atoms with Gasteiger partial charge in [-0.2, -0.15) is 0 Å². The Balaban J connectivity index is 2.63. The second-order valence-corrected chi connectivity index (χ2v) is 3.63. The zero-order valence-corrected chi connectivity index (χ0v) is 8.45. The summed E-state index contributed by atoms with van der Waals surface area (Å²) in [6, 6.07) is 1.58. The number of carbonyl (C=O) groups excluding carboxylic acids is 1. The van der Waals surface area contributed by atoms with Crippen LogP contribution in [0.5, 0.6) is 5.75 Å². The number of aliphatic hydroxyl groups is 1. The average molecular weight is 204 g/mol. The molecule has 1 aliphatic rings. The molecule has 1 aliphatic carbocycles. The van der Waals surface area contributed by atoms with E-state index in [-0.39, 0.29) is 18.1 Å². The third kappa shape index (κ3) is 1.45. The molecule has 0 radical (unpaired) electrons. The molecule has 2 N–H and O–H groups in total. The molecule has 3 heteroatoms. The normalized spacial score (nSPS) is 13.3. The molecule has 78 valence electrons. The van der Waals surface area contributed by atoms with Crippen molar-refractivity contribution in [3.05, 3.63) is 34.4 Å². The van der Waals surface area contributed by atoms with E-state index in [0.29, 0.717) is 17.5 Å². The van der Waals surface area contributed by atoms with Crippen LogP contribution in [0.1, 0.15) is 27.0 Å². The quantitative estimate of drug-likeness (QED) is 0.766. The van der Waals surface area contributed by atoms with Crippen LogP contribution in [0.15, 0.2) is 12.1 Å². The lowest BCUT2D eigenvalue weighted by Gasteiger charge is -2.11. The lowest BCUT2D eigenvalue weighted by Crippen LogP contribution is -2.03. The van der Waals surface area contributed by atoms with Crippen molar-refractivity contribution >= 4 is 11.9 Å². The standard InChI is InChI=1S/C12H12O3/c1-7-9(4-5-13)11(15)6-8-2-3-10(14)12(7)8/h2-3,6,13,15H,4-5H2,1H3. The van der Waals surface area contributed by atoms with E-state index in [4.69, 9.17) is 5.11 Å². The first-order valence-electron chi connectivity index (χ1n) is 4.84. The van der Waals surface area contributed by atoms with E-state index >= 15 is 0 Å². The number of allylic oxidation sites excluding steroid dienone is 1. The molecule has 1 aromatic rings. The minimum absolute atomic E-state index is 0.0262. The van der Waals surface area contributed by atoms with Gasteiger partial charge in [-0.05, 0) is 42.2 Å². The lowest BCUT2D eigenvalue weighted by molar-refractivity contribution is 0.104. The van der Waals surface area contributed by atoms with Gasteiger partial charge < -0.3 is 10.2 Å². The van der Waals surface area contributed by atoms with Gasteiger partial charge in [0.05, 0.1) is 0 Å². The summed E-state index contributed by atoms with van der Waals surface area (Å²) < 4.78 is 0. The summed E-state index contributed by atoms with van der Waals surface area (Å²) in [5, 5.41) is 18.6. The van der Waals surface area contributed by atoms with Gasteiger partial charge in [-0.3, -0.25) is 4.79 Å². The summed E-state index contributed by atoms with van der Waals surface area (Å²) in [4.78, 5) is 11.5. The number of rotatable bonds is 2. The average Bonchev–Trinajstić information content (AvgIpc) is 2.54.